The summed E-state index contributed by atoms with van der Waals surface area (Å²) in [5, 5.41) is 8.55. The van der Waals surface area contributed by atoms with Crippen molar-refractivity contribution in [1.29, 1.82) is 0 Å². The molecule has 0 saturated carbocycles. The highest BCUT2D eigenvalue weighted by Crippen LogP contribution is 2.22. The third-order valence-electron chi connectivity index (χ3n) is 2.57. The fourth-order valence-corrected chi connectivity index (χ4v) is 2.75. The van der Waals surface area contributed by atoms with Gasteiger partial charge in [0.05, 0.1) is 4.34 Å². The molecule has 1 rings (SSSR count). The Hall–Kier alpha value is -0.580. The second-order valence-corrected chi connectivity index (χ2v) is 5.73. The van der Waals surface area contributed by atoms with Crippen LogP contribution >= 0.6 is 22.9 Å². The van der Waals surface area contributed by atoms with E-state index in [4.69, 9.17) is 16.7 Å². The smallest absolute Gasteiger partial charge is 0.303 e. The highest BCUT2D eigenvalue weighted by Gasteiger charge is 2.06. The number of carboxylic acid groups (broad SMARTS) is 1. The van der Waals surface area contributed by atoms with Gasteiger partial charge in [0.15, 0.2) is 0 Å². The van der Waals surface area contributed by atoms with Crippen LogP contribution in [0.15, 0.2) is 12.1 Å². The van der Waals surface area contributed by atoms with Crippen LogP contribution in [0.3, 0.4) is 0 Å². The number of nitrogens with zero attached hydrogens (tertiary/aromatic N) is 1. The molecule has 1 aromatic heterocycles. The van der Waals surface area contributed by atoms with Crippen molar-refractivity contribution in [3.8, 4) is 0 Å². The molecule has 3 nitrogen and oxygen atoms in total. The van der Waals surface area contributed by atoms with E-state index in [9.17, 15) is 4.79 Å². The van der Waals surface area contributed by atoms with E-state index in [1.165, 1.54) is 4.88 Å². The lowest BCUT2D eigenvalue weighted by Crippen LogP contribution is -2.23. The maximum atomic E-state index is 10.4. The molecule has 0 fully saturated rings. The number of halogens is 1. The predicted octanol–water partition coefficient (Wildman–Crippen LogP) is 3.48. The quantitative estimate of drug-likeness (QED) is 0.739. The van der Waals surface area contributed by atoms with Gasteiger partial charge in [-0.15, -0.1) is 11.3 Å². The first-order valence-corrected chi connectivity index (χ1v) is 6.99. The fraction of sp³-hybridized carbons (Fsp3) is 0.583. The number of carbonyl (C=O) groups is 1. The number of unbranched alkanes of at least 4 members (excludes halogenated alkanes) is 1. The Kier molecular flexibility index (Phi) is 6.55. The van der Waals surface area contributed by atoms with Crippen molar-refractivity contribution in [2.45, 2.75) is 32.7 Å². The fourth-order valence-electron chi connectivity index (χ4n) is 1.62. The lowest BCUT2D eigenvalue weighted by atomic mass is 10.2. The van der Waals surface area contributed by atoms with Crippen LogP contribution in [0.25, 0.3) is 0 Å². The Morgan fingerprint density at radius 3 is 2.76 bits per heavy atom. The summed E-state index contributed by atoms with van der Waals surface area (Å²) in [4.78, 5) is 13.9. The topological polar surface area (TPSA) is 40.5 Å². The first-order chi connectivity index (χ1) is 8.11. The molecular formula is C12H18ClNO2S. The van der Waals surface area contributed by atoms with Crippen molar-refractivity contribution in [2.75, 3.05) is 13.1 Å². The number of carboxylic acids is 1. The van der Waals surface area contributed by atoms with Gasteiger partial charge in [0.2, 0.25) is 0 Å². The molecule has 0 spiro atoms. The van der Waals surface area contributed by atoms with E-state index in [2.05, 4.69) is 11.8 Å². The van der Waals surface area contributed by atoms with Gasteiger partial charge in [-0.3, -0.25) is 9.69 Å². The molecule has 96 valence electrons. The third-order valence-corrected chi connectivity index (χ3v) is 3.79. The molecule has 1 heterocycles. The van der Waals surface area contributed by atoms with Gasteiger partial charge in [-0.1, -0.05) is 18.5 Å². The highest BCUT2D eigenvalue weighted by atomic mass is 35.5. The average Bonchev–Trinajstić information content (AvgIpc) is 2.68. The maximum Gasteiger partial charge on any atom is 0.303 e. The lowest BCUT2D eigenvalue weighted by Gasteiger charge is -2.19. The molecule has 0 unspecified atom stereocenters. The van der Waals surface area contributed by atoms with Gasteiger partial charge in [-0.05, 0) is 38.1 Å². The molecule has 5 heteroatoms. The Balaban J connectivity index is 2.26. The van der Waals surface area contributed by atoms with E-state index >= 15 is 0 Å². The lowest BCUT2D eigenvalue weighted by molar-refractivity contribution is -0.137. The minimum Gasteiger partial charge on any atom is -0.481 e. The van der Waals surface area contributed by atoms with Crippen LogP contribution in [-0.2, 0) is 11.3 Å². The number of aliphatic carboxylic acids is 1. The SMILES string of the molecule is CCN(CCCCC(=O)O)Cc1ccc(Cl)s1. The van der Waals surface area contributed by atoms with E-state index in [1.54, 1.807) is 11.3 Å². The summed E-state index contributed by atoms with van der Waals surface area (Å²) < 4.78 is 0.821. The number of rotatable bonds is 8. The number of thiophene rings is 1. The second-order valence-electron chi connectivity index (χ2n) is 3.93. The zero-order valence-electron chi connectivity index (χ0n) is 9.99. The van der Waals surface area contributed by atoms with Crippen LogP contribution in [0.4, 0.5) is 0 Å². The molecule has 17 heavy (non-hydrogen) atoms. The summed E-state index contributed by atoms with van der Waals surface area (Å²) in [6.07, 6.45) is 1.94. The zero-order chi connectivity index (χ0) is 12.7. The second kappa shape index (κ2) is 7.69. The molecule has 1 N–H and O–H groups in total. The van der Waals surface area contributed by atoms with Crippen LogP contribution in [0.5, 0.6) is 0 Å². The maximum absolute atomic E-state index is 10.4. The molecule has 0 atom stereocenters. The van der Waals surface area contributed by atoms with Gasteiger partial charge < -0.3 is 5.11 Å². The Morgan fingerprint density at radius 2 is 2.24 bits per heavy atom. The van der Waals surface area contributed by atoms with Gasteiger partial charge in [0, 0.05) is 17.8 Å². The number of hydrogen-bond acceptors (Lipinski definition) is 3. The van der Waals surface area contributed by atoms with Crippen molar-refractivity contribution in [2.24, 2.45) is 0 Å². The van der Waals surface area contributed by atoms with E-state index in [1.807, 2.05) is 12.1 Å². The summed E-state index contributed by atoms with van der Waals surface area (Å²) in [5.74, 6) is -0.710. The summed E-state index contributed by atoms with van der Waals surface area (Å²) in [7, 11) is 0. The Morgan fingerprint density at radius 1 is 1.47 bits per heavy atom. The molecule has 0 bridgehead atoms. The van der Waals surface area contributed by atoms with E-state index in [-0.39, 0.29) is 6.42 Å². The molecule has 0 aliphatic heterocycles. The summed E-state index contributed by atoms with van der Waals surface area (Å²) in [6.45, 7) is 4.94. The molecular weight excluding hydrogens is 258 g/mol. The molecule has 0 aliphatic rings. The van der Waals surface area contributed by atoms with Gasteiger partial charge in [0.1, 0.15) is 0 Å². The third kappa shape index (κ3) is 6.05. The van der Waals surface area contributed by atoms with Crippen molar-refractivity contribution < 1.29 is 9.90 Å². The normalized spacial score (nSPS) is 11.0. The minimum absolute atomic E-state index is 0.266. The van der Waals surface area contributed by atoms with Crippen molar-refractivity contribution >= 4 is 28.9 Å². The monoisotopic (exact) mass is 275 g/mol. The van der Waals surface area contributed by atoms with Gasteiger partial charge >= 0.3 is 5.97 Å². The highest BCUT2D eigenvalue weighted by molar-refractivity contribution is 7.16. The Bertz CT molecular complexity index is 354. The van der Waals surface area contributed by atoms with Crippen LogP contribution < -0.4 is 0 Å². The van der Waals surface area contributed by atoms with Crippen molar-refractivity contribution in [1.82, 2.24) is 4.90 Å². The zero-order valence-corrected chi connectivity index (χ0v) is 11.6. The van der Waals surface area contributed by atoms with Crippen LogP contribution in [0, 0.1) is 0 Å². The molecule has 0 saturated heterocycles. The molecule has 1 aromatic rings. The standard InChI is InChI=1S/C12H18ClNO2S/c1-2-14(8-4-3-5-12(15)16)9-10-6-7-11(13)17-10/h6-7H,2-5,8-9H2,1H3,(H,15,16). The summed E-state index contributed by atoms with van der Waals surface area (Å²) in [5.41, 5.74) is 0. The first kappa shape index (κ1) is 14.5. The van der Waals surface area contributed by atoms with E-state index in [0.29, 0.717) is 0 Å². The average molecular weight is 276 g/mol. The molecule has 0 amide bonds. The van der Waals surface area contributed by atoms with Crippen molar-refractivity contribution in [3.63, 3.8) is 0 Å². The molecule has 0 aromatic carbocycles. The summed E-state index contributed by atoms with van der Waals surface area (Å²) in [6, 6.07) is 3.97. The van der Waals surface area contributed by atoms with Gasteiger partial charge in [-0.2, -0.15) is 0 Å². The van der Waals surface area contributed by atoms with Crippen molar-refractivity contribution in [3.05, 3.63) is 21.3 Å². The predicted molar refractivity (Wildman–Crippen MR) is 71.8 cm³/mol. The largest absolute Gasteiger partial charge is 0.481 e. The molecule has 0 radical (unpaired) electrons. The summed E-state index contributed by atoms with van der Waals surface area (Å²) >= 11 is 7.49. The first-order valence-electron chi connectivity index (χ1n) is 5.80. The van der Waals surface area contributed by atoms with Gasteiger partial charge in [-0.25, -0.2) is 0 Å². The molecule has 0 aliphatic carbocycles. The minimum atomic E-state index is -0.710. The Labute approximate surface area is 111 Å². The van der Waals surface area contributed by atoms with E-state index in [0.717, 1.165) is 36.8 Å². The van der Waals surface area contributed by atoms with Crippen LogP contribution in [0.1, 0.15) is 31.1 Å². The number of hydrogen-bond donors (Lipinski definition) is 1. The van der Waals surface area contributed by atoms with E-state index < -0.39 is 5.97 Å². The van der Waals surface area contributed by atoms with Crippen LogP contribution in [-0.4, -0.2) is 29.1 Å². The van der Waals surface area contributed by atoms with Crippen LogP contribution in [0.2, 0.25) is 4.34 Å². The van der Waals surface area contributed by atoms with Gasteiger partial charge in [0.25, 0.3) is 0 Å².